The summed E-state index contributed by atoms with van der Waals surface area (Å²) < 4.78 is 4.78. The molecular formula is C14H14O9. The lowest BCUT2D eigenvalue weighted by atomic mass is 10.2. The van der Waals surface area contributed by atoms with Gasteiger partial charge in [0, 0.05) is 11.6 Å². The first kappa shape index (κ1) is 19.6. The average molecular weight is 326 g/mol. The number of carboxylic acids is 3. The molecule has 0 fully saturated rings. The lowest BCUT2D eigenvalue weighted by Gasteiger charge is -2.01. The Hall–Kier alpha value is -3.36. The first-order valence-electron chi connectivity index (χ1n) is 5.92. The van der Waals surface area contributed by atoms with Gasteiger partial charge in [0.05, 0.1) is 19.1 Å². The Morgan fingerprint density at radius 1 is 1.17 bits per heavy atom. The Bertz CT molecular complexity index is 631. The van der Waals surface area contributed by atoms with Gasteiger partial charge >= 0.3 is 17.9 Å². The summed E-state index contributed by atoms with van der Waals surface area (Å²) >= 11 is 0. The van der Waals surface area contributed by atoms with Gasteiger partial charge in [0.2, 0.25) is 0 Å². The van der Waals surface area contributed by atoms with E-state index in [4.69, 9.17) is 25.2 Å². The number of aromatic hydroxyl groups is 1. The van der Waals surface area contributed by atoms with Crippen LogP contribution >= 0.6 is 0 Å². The van der Waals surface area contributed by atoms with Gasteiger partial charge in [-0.1, -0.05) is 0 Å². The lowest BCUT2D eigenvalue weighted by Crippen LogP contribution is -2.08. The van der Waals surface area contributed by atoms with Gasteiger partial charge in [0.25, 0.3) is 0 Å². The number of rotatable bonds is 6. The highest BCUT2D eigenvalue weighted by atomic mass is 16.5. The number of phenolic OH excluding ortho intramolecular Hbond substituents is 1. The summed E-state index contributed by atoms with van der Waals surface area (Å²) in [6.07, 6.45) is 0.250. The van der Waals surface area contributed by atoms with Gasteiger partial charge in [-0.25, -0.2) is 9.59 Å². The van der Waals surface area contributed by atoms with Crippen molar-refractivity contribution in [3.8, 4) is 11.5 Å². The van der Waals surface area contributed by atoms with E-state index in [1.54, 1.807) is 0 Å². The fourth-order valence-electron chi connectivity index (χ4n) is 1.27. The van der Waals surface area contributed by atoms with E-state index in [9.17, 15) is 19.2 Å². The number of carbonyl (C=O) groups is 4. The van der Waals surface area contributed by atoms with Gasteiger partial charge in [-0.05, 0) is 18.2 Å². The molecular weight excluding hydrogens is 312 g/mol. The van der Waals surface area contributed by atoms with Crippen molar-refractivity contribution in [2.45, 2.75) is 6.42 Å². The quantitative estimate of drug-likeness (QED) is 0.437. The average Bonchev–Trinajstić information content (AvgIpc) is 2.46. The molecule has 0 saturated carbocycles. The summed E-state index contributed by atoms with van der Waals surface area (Å²) in [4.78, 5) is 40.4. The molecule has 0 aliphatic rings. The molecule has 0 aliphatic heterocycles. The number of carboxylic acid groups (broad SMARTS) is 3. The summed E-state index contributed by atoms with van der Waals surface area (Å²) in [6, 6.07) is 4.41. The third kappa shape index (κ3) is 7.85. The molecule has 0 unspecified atom stereocenters. The van der Waals surface area contributed by atoms with E-state index in [1.807, 2.05) is 0 Å². The Morgan fingerprint density at radius 3 is 2.17 bits per heavy atom. The van der Waals surface area contributed by atoms with Crippen LogP contribution in [0.4, 0.5) is 0 Å². The molecule has 1 aromatic rings. The van der Waals surface area contributed by atoms with Crippen molar-refractivity contribution < 1.29 is 44.3 Å². The number of benzene rings is 1. The molecule has 0 spiro atoms. The van der Waals surface area contributed by atoms with Crippen LogP contribution in [0.3, 0.4) is 0 Å². The molecule has 124 valence electrons. The number of hydrogen-bond donors (Lipinski definition) is 4. The van der Waals surface area contributed by atoms with E-state index in [2.05, 4.69) is 0 Å². The van der Waals surface area contributed by atoms with Gasteiger partial charge in [-0.3, -0.25) is 9.59 Å². The SMILES string of the molecule is COc1cc(C=O)ccc1O.O=C(O)C=C(CC(=O)O)C(=O)O. The van der Waals surface area contributed by atoms with E-state index in [0.29, 0.717) is 23.7 Å². The molecule has 0 aliphatic carbocycles. The van der Waals surface area contributed by atoms with Gasteiger partial charge < -0.3 is 25.2 Å². The zero-order valence-corrected chi connectivity index (χ0v) is 11.9. The van der Waals surface area contributed by atoms with Crippen molar-refractivity contribution in [3.05, 3.63) is 35.4 Å². The second kappa shape index (κ2) is 9.55. The molecule has 1 aromatic carbocycles. The predicted octanol–water partition coefficient (Wildman–Crippen LogP) is 0.770. The second-order valence-electron chi connectivity index (χ2n) is 3.93. The molecule has 0 bridgehead atoms. The third-order valence-electron chi connectivity index (χ3n) is 2.25. The predicted molar refractivity (Wildman–Crippen MR) is 75.7 cm³/mol. The highest BCUT2D eigenvalue weighted by Gasteiger charge is 2.12. The van der Waals surface area contributed by atoms with Gasteiger partial charge in [0.1, 0.15) is 6.29 Å². The van der Waals surface area contributed by atoms with Crippen molar-refractivity contribution in [1.29, 1.82) is 0 Å². The number of carbonyl (C=O) groups excluding carboxylic acids is 1. The highest BCUT2D eigenvalue weighted by Crippen LogP contribution is 2.25. The first-order valence-corrected chi connectivity index (χ1v) is 5.92. The maximum Gasteiger partial charge on any atom is 0.332 e. The van der Waals surface area contributed by atoms with Crippen molar-refractivity contribution in [2.24, 2.45) is 0 Å². The van der Waals surface area contributed by atoms with Gasteiger partial charge in [-0.2, -0.15) is 0 Å². The van der Waals surface area contributed by atoms with E-state index in [1.165, 1.54) is 25.3 Å². The fourth-order valence-corrected chi connectivity index (χ4v) is 1.27. The van der Waals surface area contributed by atoms with E-state index in [-0.39, 0.29) is 5.75 Å². The molecule has 0 amide bonds. The van der Waals surface area contributed by atoms with E-state index in [0.717, 1.165) is 0 Å². The molecule has 9 heteroatoms. The fraction of sp³-hybridized carbons (Fsp3) is 0.143. The molecule has 9 nitrogen and oxygen atoms in total. The van der Waals surface area contributed by atoms with Crippen LogP contribution in [0.15, 0.2) is 29.8 Å². The molecule has 23 heavy (non-hydrogen) atoms. The highest BCUT2D eigenvalue weighted by molar-refractivity contribution is 5.98. The Morgan fingerprint density at radius 2 is 1.78 bits per heavy atom. The number of phenols is 1. The van der Waals surface area contributed by atoms with Crippen LogP contribution < -0.4 is 4.74 Å². The second-order valence-corrected chi connectivity index (χ2v) is 3.93. The van der Waals surface area contributed by atoms with Crippen LogP contribution in [0.5, 0.6) is 11.5 Å². The van der Waals surface area contributed by atoms with Crippen LogP contribution in [-0.4, -0.2) is 51.7 Å². The molecule has 0 saturated heterocycles. The summed E-state index contributed by atoms with van der Waals surface area (Å²) in [5.41, 5.74) is -0.172. The van der Waals surface area contributed by atoms with E-state index < -0.39 is 29.9 Å². The Kier molecular flexibility index (Phi) is 8.16. The number of aldehydes is 1. The number of hydrogen-bond acceptors (Lipinski definition) is 6. The third-order valence-corrected chi connectivity index (χ3v) is 2.25. The minimum absolute atomic E-state index is 0.0399. The zero-order valence-electron chi connectivity index (χ0n) is 11.9. The summed E-state index contributed by atoms with van der Waals surface area (Å²) in [7, 11) is 1.43. The van der Waals surface area contributed by atoms with Crippen molar-refractivity contribution in [1.82, 2.24) is 0 Å². The molecule has 0 radical (unpaired) electrons. The van der Waals surface area contributed by atoms with Crippen LogP contribution in [0.2, 0.25) is 0 Å². The molecule has 0 aromatic heterocycles. The normalized spacial score (nSPS) is 10.0. The van der Waals surface area contributed by atoms with Gasteiger partial charge in [-0.15, -0.1) is 0 Å². The number of aliphatic carboxylic acids is 3. The standard InChI is InChI=1S/C8H8O3.C6H6O6/c1-11-8-4-6(5-9)2-3-7(8)10;7-4(8)1-3(6(11)12)2-5(9)10/h2-5,10H,1H3;1H,2H2,(H,7,8)(H,9,10)(H,11,12). The number of ether oxygens (including phenoxy) is 1. The summed E-state index contributed by atoms with van der Waals surface area (Å²) in [5, 5.41) is 33.6. The van der Waals surface area contributed by atoms with Crippen molar-refractivity contribution >= 4 is 24.2 Å². The lowest BCUT2D eigenvalue weighted by molar-refractivity contribution is -0.140. The van der Waals surface area contributed by atoms with E-state index >= 15 is 0 Å². The minimum Gasteiger partial charge on any atom is -0.504 e. The summed E-state index contributed by atoms with van der Waals surface area (Å²) in [5.74, 6) is -4.05. The molecule has 4 N–H and O–H groups in total. The maximum absolute atomic E-state index is 10.2. The van der Waals surface area contributed by atoms with Crippen LogP contribution in [0.25, 0.3) is 0 Å². The van der Waals surface area contributed by atoms with Gasteiger partial charge in [0.15, 0.2) is 11.5 Å². The van der Waals surface area contributed by atoms with Crippen molar-refractivity contribution in [2.75, 3.05) is 7.11 Å². The minimum atomic E-state index is -1.54. The van der Waals surface area contributed by atoms with Crippen LogP contribution in [0, 0.1) is 0 Å². The zero-order chi connectivity index (χ0) is 18.0. The Balaban J connectivity index is 0.000000422. The molecule has 1 rings (SSSR count). The maximum atomic E-state index is 10.2. The topological polar surface area (TPSA) is 158 Å². The molecule has 0 heterocycles. The smallest absolute Gasteiger partial charge is 0.332 e. The first-order chi connectivity index (χ1) is 10.7. The summed E-state index contributed by atoms with van der Waals surface area (Å²) in [6.45, 7) is 0. The van der Waals surface area contributed by atoms with Crippen molar-refractivity contribution in [3.63, 3.8) is 0 Å². The van der Waals surface area contributed by atoms with Crippen LogP contribution in [0.1, 0.15) is 16.8 Å². The van der Waals surface area contributed by atoms with Crippen LogP contribution in [-0.2, 0) is 14.4 Å². The number of methoxy groups -OCH3 is 1. The molecule has 0 atom stereocenters. The largest absolute Gasteiger partial charge is 0.504 e. The monoisotopic (exact) mass is 326 g/mol. The Labute approximate surface area is 130 Å².